The maximum absolute atomic E-state index is 12.6. The molecule has 0 bridgehead atoms. The van der Waals surface area contributed by atoms with Gasteiger partial charge in [0.25, 0.3) is 0 Å². The normalized spacial score (nSPS) is 34.8. The van der Waals surface area contributed by atoms with Gasteiger partial charge in [-0.25, -0.2) is 0 Å². The van der Waals surface area contributed by atoms with Crippen LogP contribution in [0, 0.1) is 5.41 Å². The molecule has 0 amide bonds. The molecule has 4 atom stereocenters. The molecule has 3 aliphatic rings. The third-order valence-corrected chi connectivity index (χ3v) is 6.25. The lowest BCUT2D eigenvalue weighted by molar-refractivity contribution is -0.235. The van der Waals surface area contributed by atoms with E-state index < -0.39 is 5.41 Å². The number of hydrogen-bond donors (Lipinski definition) is 0. The lowest BCUT2D eigenvalue weighted by Gasteiger charge is -2.39. The monoisotopic (exact) mass is 398 g/mol. The van der Waals surface area contributed by atoms with Gasteiger partial charge in [-0.15, -0.1) is 0 Å². The van der Waals surface area contributed by atoms with Gasteiger partial charge in [-0.2, -0.15) is 0 Å². The number of carbonyl (C=O) groups excluding carboxylic acids is 1. The summed E-state index contributed by atoms with van der Waals surface area (Å²) in [5.41, 5.74) is -0.469. The van der Waals surface area contributed by atoms with Crippen molar-refractivity contribution in [3.63, 3.8) is 0 Å². The number of esters is 1. The first-order chi connectivity index (χ1) is 13.5. The van der Waals surface area contributed by atoms with Gasteiger partial charge in [-0.05, 0) is 58.8 Å². The zero-order valence-corrected chi connectivity index (χ0v) is 17.8. The Balaban J connectivity index is 1.59. The summed E-state index contributed by atoms with van der Waals surface area (Å²) >= 11 is 0. The van der Waals surface area contributed by atoms with Gasteiger partial charge in [-0.3, -0.25) is 4.79 Å². The number of ether oxygens (including phenoxy) is 5. The highest BCUT2D eigenvalue weighted by molar-refractivity contribution is 5.76. The molecular formula is C22H38O6. The van der Waals surface area contributed by atoms with Crippen LogP contribution in [0.1, 0.15) is 85.0 Å². The van der Waals surface area contributed by atoms with Gasteiger partial charge in [0.05, 0.1) is 17.6 Å². The molecule has 28 heavy (non-hydrogen) atoms. The Labute approximate surface area is 169 Å². The van der Waals surface area contributed by atoms with E-state index in [9.17, 15) is 4.79 Å². The molecular weight excluding hydrogens is 360 g/mol. The van der Waals surface area contributed by atoms with Gasteiger partial charge in [-0.1, -0.05) is 6.92 Å². The summed E-state index contributed by atoms with van der Waals surface area (Å²) in [7, 11) is 0. The molecule has 0 N–H and O–H groups in total. The molecule has 6 nitrogen and oxygen atoms in total. The minimum absolute atomic E-state index is 0.0204. The first kappa shape index (κ1) is 22.0. The average molecular weight is 399 g/mol. The fraction of sp³-hybridized carbons (Fsp3) is 0.955. The van der Waals surface area contributed by atoms with E-state index in [0.29, 0.717) is 12.8 Å². The van der Waals surface area contributed by atoms with E-state index in [1.54, 1.807) is 0 Å². The highest BCUT2D eigenvalue weighted by Crippen LogP contribution is 2.32. The fourth-order valence-corrected chi connectivity index (χ4v) is 4.01. The van der Waals surface area contributed by atoms with Crippen molar-refractivity contribution in [2.24, 2.45) is 5.41 Å². The Kier molecular flexibility index (Phi) is 8.15. The van der Waals surface area contributed by atoms with Crippen molar-refractivity contribution in [3.05, 3.63) is 0 Å². The van der Waals surface area contributed by atoms with Crippen LogP contribution in [0.3, 0.4) is 0 Å². The van der Waals surface area contributed by atoms with Gasteiger partial charge in [0, 0.05) is 32.5 Å². The summed E-state index contributed by atoms with van der Waals surface area (Å²) in [6.07, 6.45) is 8.77. The van der Waals surface area contributed by atoms with Crippen LogP contribution in [0.25, 0.3) is 0 Å². The summed E-state index contributed by atoms with van der Waals surface area (Å²) in [6, 6.07) is 0. The molecule has 0 spiro atoms. The molecule has 3 rings (SSSR count). The second-order valence-corrected chi connectivity index (χ2v) is 9.08. The van der Waals surface area contributed by atoms with Crippen LogP contribution < -0.4 is 0 Å². The van der Waals surface area contributed by atoms with Gasteiger partial charge >= 0.3 is 5.97 Å². The fourth-order valence-electron chi connectivity index (χ4n) is 4.01. The van der Waals surface area contributed by atoms with E-state index in [2.05, 4.69) is 0 Å². The molecule has 3 fully saturated rings. The molecule has 1 saturated carbocycles. The van der Waals surface area contributed by atoms with Crippen LogP contribution >= 0.6 is 0 Å². The maximum atomic E-state index is 12.6. The van der Waals surface area contributed by atoms with Gasteiger partial charge in [0.1, 0.15) is 6.10 Å². The molecule has 0 radical (unpaired) electrons. The molecule has 0 aromatic heterocycles. The third kappa shape index (κ3) is 6.41. The third-order valence-electron chi connectivity index (χ3n) is 6.25. The Morgan fingerprint density at radius 1 is 0.857 bits per heavy atom. The largest absolute Gasteiger partial charge is 0.462 e. The standard InChI is InChI=1S/C22H38O6/c1-4-22(2,3)21(23)28-18-14-16(26-19-9-5-7-11-24-19)13-17(15-18)27-20-10-6-8-12-25-20/h16-20H,4-15H2,1-3H3. The van der Waals surface area contributed by atoms with Crippen molar-refractivity contribution in [1.82, 2.24) is 0 Å². The van der Waals surface area contributed by atoms with E-state index in [4.69, 9.17) is 23.7 Å². The van der Waals surface area contributed by atoms with Crippen LogP contribution in [0.2, 0.25) is 0 Å². The highest BCUT2D eigenvalue weighted by atomic mass is 16.7. The number of rotatable bonds is 7. The van der Waals surface area contributed by atoms with Crippen LogP contribution in [0.4, 0.5) is 0 Å². The summed E-state index contributed by atoms with van der Waals surface area (Å²) in [4.78, 5) is 12.6. The minimum atomic E-state index is -0.469. The molecule has 0 aromatic carbocycles. The molecule has 0 aromatic rings. The quantitative estimate of drug-likeness (QED) is 0.595. The molecule has 162 valence electrons. The van der Waals surface area contributed by atoms with E-state index in [0.717, 1.165) is 64.6 Å². The molecule has 2 aliphatic heterocycles. The van der Waals surface area contributed by atoms with Crippen LogP contribution in [-0.2, 0) is 28.5 Å². The Morgan fingerprint density at radius 3 is 1.79 bits per heavy atom. The first-order valence-electron chi connectivity index (χ1n) is 11.2. The second kappa shape index (κ2) is 10.4. The Bertz CT molecular complexity index is 453. The van der Waals surface area contributed by atoms with Gasteiger partial charge in [0.2, 0.25) is 0 Å². The second-order valence-electron chi connectivity index (χ2n) is 9.08. The van der Waals surface area contributed by atoms with Crippen molar-refractivity contribution in [2.75, 3.05) is 13.2 Å². The molecule has 2 heterocycles. The highest BCUT2D eigenvalue weighted by Gasteiger charge is 2.38. The zero-order valence-electron chi connectivity index (χ0n) is 17.8. The van der Waals surface area contributed by atoms with Gasteiger partial charge < -0.3 is 23.7 Å². The van der Waals surface area contributed by atoms with E-state index >= 15 is 0 Å². The van der Waals surface area contributed by atoms with Crippen LogP contribution in [0.5, 0.6) is 0 Å². The Hall–Kier alpha value is -0.690. The molecule has 2 saturated heterocycles. The van der Waals surface area contributed by atoms with E-state index in [-0.39, 0.29) is 36.9 Å². The average Bonchev–Trinajstić information content (AvgIpc) is 2.69. The van der Waals surface area contributed by atoms with Crippen molar-refractivity contribution >= 4 is 5.97 Å². The van der Waals surface area contributed by atoms with Crippen molar-refractivity contribution in [2.45, 2.75) is 116 Å². The summed E-state index contributed by atoms with van der Waals surface area (Å²) in [6.45, 7) is 7.41. The Morgan fingerprint density at radius 2 is 1.36 bits per heavy atom. The maximum Gasteiger partial charge on any atom is 0.311 e. The van der Waals surface area contributed by atoms with E-state index in [1.807, 2.05) is 20.8 Å². The summed E-state index contributed by atoms with van der Waals surface area (Å²) in [5, 5.41) is 0. The first-order valence-corrected chi connectivity index (χ1v) is 11.2. The topological polar surface area (TPSA) is 63.2 Å². The van der Waals surface area contributed by atoms with Crippen LogP contribution in [0.15, 0.2) is 0 Å². The van der Waals surface area contributed by atoms with E-state index in [1.165, 1.54) is 0 Å². The lowest BCUT2D eigenvalue weighted by atomic mass is 9.89. The molecule has 4 unspecified atom stereocenters. The SMILES string of the molecule is CCC(C)(C)C(=O)OC1CC(OC2CCCCO2)CC(OC2CCCCO2)C1. The van der Waals surface area contributed by atoms with Gasteiger partial charge in [0.15, 0.2) is 12.6 Å². The van der Waals surface area contributed by atoms with Crippen molar-refractivity contribution < 1.29 is 28.5 Å². The molecule has 6 heteroatoms. The lowest BCUT2D eigenvalue weighted by Crippen LogP contribution is -2.43. The minimum Gasteiger partial charge on any atom is -0.462 e. The smallest absolute Gasteiger partial charge is 0.311 e. The predicted octanol–water partition coefficient (Wildman–Crippen LogP) is 4.34. The van der Waals surface area contributed by atoms with Crippen molar-refractivity contribution in [3.8, 4) is 0 Å². The predicted molar refractivity (Wildman–Crippen MR) is 105 cm³/mol. The van der Waals surface area contributed by atoms with Crippen LogP contribution in [-0.4, -0.2) is 50.1 Å². The number of carbonyl (C=O) groups is 1. The summed E-state index contributed by atoms with van der Waals surface area (Å²) in [5.74, 6) is -0.137. The zero-order chi connectivity index (χ0) is 20.0. The van der Waals surface area contributed by atoms with Crippen molar-refractivity contribution in [1.29, 1.82) is 0 Å². The molecule has 1 aliphatic carbocycles. The number of hydrogen-bond acceptors (Lipinski definition) is 6. The summed E-state index contributed by atoms with van der Waals surface area (Å²) < 4.78 is 29.9.